The molecule has 0 aromatic carbocycles. The van der Waals surface area contributed by atoms with Crippen LogP contribution in [0.2, 0.25) is 0 Å². The monoisotopic (exact) mass is 258 g/mol. The van der Waals surface area contributed by atoms with Gasteiger partial charge in [0.1, 0.15) is 0 Å². The van der Waals surface area contributed by atoms with Gasteiger partial charge in [0.25, 0.3) is 0 Å². The molecule has 18 heavy (non-hydrogen) atoms. The molecule has 0 amide bonds. The van der Waals surface area contributed by atoms with Crippen molar-refractivity contribution in [3.05, 3.63) is 12.2 Å². The molecular weight excluding hydrogens is 236 g/mol. The SMILES string of the molecule is CO[C@@](C)(O[C@@H]1C=CC(=O)C[C@H]1C)[C@](C)(O)OC. The molecule has 0 heterocycles. The molecule has 0 saturated heterocycles. The molecule has 5 heteroatoms. The Labute approximate surface area is 108 Å². The fourth-order valence-corrected chi connectivity index (χ4v) is 1.84. The molecule has 0 spiro atoms. The average molecular weight is 258 g/mol. The quantitative estimate of drug-likeness (QED) is 0.752. The third-order valence-corrected chi connectivity index (χ3v) is 3.55. The first-order chi connectivity index (χ1) is 8.25. The molecule has 0 aliphatic heterocycles. The second-order valence-corrected chi connectivity index (χ2v) is 4.93. The predicted molar refractivity (Wildman–Crippen MR) is 65.8 cm³/mol. The van der Waals surface area contributed by atoms with Crippen molar-refractivity contribution in [2.45, 2.75) is 44.9 Å². The van der Waals surface area contributed by atoms with E-state index in [1.807, 2.05) is 6.92 Å². The van der Waals surface area contributed by atoms with Crippen LogP contribution in [0.1, 0.15) is 27.2 Å². The summed E-state index contributed by atoms with van der Waals surface area (Å²) in [6.45, 7) is 5.00. The van der Waals surface area contributed by atoms with Gasteiger partial charge in [0.15, 0.2) is 5.78 Å². The van der Waals surface area contributed by atoms with Crippen molar-refractivity contribution in [2.75, 3.05) is 14.2 Å². The largest absolute Gasteiger partial charge is 0.362 e. The van der Waals surface area contributed by atoms with Crippen molar-refractivity contribution in [1.29, 1.82) is 0 Å². The summed E-state index contributed by atoms with van der Waals surface area (Å²) in [6, 6.07) is 0. The number of carbonyl (C=O) groups excluding carboxylic acids is 1. The lowest BCUT2D eigenvalue weighted by molar-refractivity contribution is -0.381. The molecule has 1 rings (SSSR count). The van der Waals surface area contributed by atoms with E-state index in [2.05, 4.69) is 0 Å². The number of hydrogen-bond acceptors (Lipinski definition) is 5. The summed E-state index contributed by atoms with van der Waals surface area (Å²) in [5.74, 6) is -2.79. The standard InChI is InChI=1S/C13H22O5/c1-9-8-10(14)6-7-11(9)18-13(3,17-5)12(2,15)16-4/h6-7,9,11,15H,8H2,1-5H3/t9-,11-,12-,13+/m1/s1. The Bertz CT molecular complexity index is 336. The van der Waals surface area contributed by atoms with Gasteiger partial charge in [-0.25, -0.2) is 0 Å². The summed E-state index contributed by atoms with van der Waals surface area (Å²) in [6.07, 6.45) is 3.33. The van der Waals surface area contributed by atoms with Crippen molar-refractivity contribution in [1.82, 2.24) is 0 Å². The number of methoxy groups -OCH3 is 2. The van der Waals surface area contributed by atoms with Crippen molar-refractivity contribution in [3.63, 3.8) is 0 Å². The van der Waals surface area contributed by atoms with Crippen LogP contribution in [0, 0.1) is 5.92 Å². The molecule has 1 aliphatic carbocycles. The number of aliphatic hydroxyl groups is 1. The molecule has 1 N–H and O–H groups in total. The second-order valence-electron chi connectivity index (χ2n) is 4.93. The molecule has 0 radical (unpaired) electrons. The summed E-state index contributed by atoms with van der Waals surface area (Å²) in [5, 5.41) is 10.1. The highest BCUT2D eigenvalue weighted by atomic mass is 16.8. The zero-order chi connectivity index (χ0) is 14.0. The summed E-state index contributed by atoms with van der Waals surface area (Å²) >= 11 is 0. The number of carbonyl (C=O) groups is 1. The molecule has 0 aromatic rings. The van der Waals surface area contributed by atoms with E-state index in [4.69, 9.17) is 14.2 Å². The van der Waals surface area contributed by atoms with Gasteiger partial charge >= 0.3 is 0 Å². The van der Waals surface area contributed by atoms with Crippen LogP contribution in [0.15, 0.2) is 12.2 Å². The maximum Gasteiger partial charge on any atom is 0.220 e. The number of rotatable bonds is 5. The first-order valence-corrected chi connectivity index (χ1v) is 5.97. The lowest BCUT2D eigenvalue weighted by atomic mass is 9.92. The van der Waals surface area contributed by atoms with Crippen LogP contribution in [0.4, 0.5) is 0 Å². The van der Waals surface area contributed by atoms with Crippen LogP contribution in [-0.4, -0.2) is 42.8 Å². The van der Waals surface area contributed by atoms with Crippen LogP contribution < -0.4 is 0 Å². The number of ketones is 1. The van der Waals surface area contributed by atoms with Gasteiger partial charge in [-0.1, -0.05) is 13.0 Å². The highest BCUT2D eigenvalue weighted by molar-refractivity contribution is 5.90. The van der Waals surface area contributed by atoms with E-state index in [1.165, 1.54) is 27.2 Å². The van der Waals surface area contributed by atoms with E-state index < -0.39 is 11.6 Å². The van der Waals surface area contributed by atoms with Crippen molar-refractivity contribution < 1.29 is 24.1 Å². The fourth-order valence-electron chi connectivity index (χ4n) is 1.84. The Morgan fingerprint density at radius 3 is 2.39 bits per heavy atom. The topological polar surface area (TPSA) is 65.0 Å². The Morgan fingerprint density at radius 1 is 1.33 bits per heavy atom. The van der Waals surface area contributed by atoms with Crippen LogP contribution in [-0.2, 0) is 19.0 Å². The predicted octanol–water partition coefficient (Wildman–Crippen LogP) is 1.25. The smallest absolute Gasteiger partial charge is 0.220 e. The molecule has 0 unspecified atom stereocenters. The molecule has 0 bridgehead atoms. The fraction of sp³-hybridized carbons (Fsp3) is 0.769. The Hall–Kier alpha value is -0.750. The van der Waals surface area contributed by atoms with E-state index >= 15 is 0 Å². The summed E-state index contributed by atoms with van der Waals surface area (Å²) < 4.78 is 16.1. The Morgan fingerprint density at radius 2 is 1.94 bits per heavy atom. The third kappa shape index (κ3) is 2.98. The maximum absolute atomic E-state index is 11.3. The van der Waals surface area contributed by atoms with Gasteiger partial charge in [-0.3, -0.25) is 4.79 Å². The molecule has 104 valence electrons. The van der Waals surface area contributed by atoms with Crippen LogP contribution in [0.5, 0.6) is 0 Å². The first-order valence-electron chi connectivity index (χ1n) is 5.97. The minimum atomic E-state index is -1.59. The van der Waals surface area contributed by atoms with Crippen molar-refractivity contribution >= 4 is 5.78 Å². The van der Waals surface area contributed by atoms with Gasteiger partial charge in [0.2, 0.25) is 11.6 Å². The second kappa shape index (κ2) is 5.48. The van der Waals surface area contributed by atoms with E-state index in [-0.39, 0.29) is 17.8 Å². The van der Waals surface area contributed by atoms with E-state index in [0.29, 0.717) is 6.42 Å². The molecule has 0 fully saturated rings. The minimum Gasteiger partial charge on any atom is -0.362 e. The van der Waals surface area contributed by atoms with Gasteiger partial charge in [-0.05, 0) is 25.8 Å². The lowest BCUT2D eigenvalue weighted by Gasteiger charge is -2.42. The minimum absolute atomic E-state index is 0.0321. The number of ether oxygens (including phenoxy) is 3. The van der Waals surface area contributed by atoms with E-state index in [9.17, 15) is 9.90 Å². The molecular formula is C13H22O5. The van der Waals surface area contributed by atoms with Crippen molar-refractivity contribution in [3.8, 4) is 0 Å². The molecule has 0 saturated carbocycles. The lowest BCUT2D eigenvalue weighted by Crippen LogP contribution is -2.56. The summed E-state index contributed by atoms with van der Waals surface area (Å²) in [4.78, 5) is 11.3. The molecule has 4 atom stereocenters. The average Bonchev–Trinajstić information content (AvgIpc) is 2.32. The Balaban J connectivity index is 2.86. The van der Waals surface area contributed by atoms with Crippen LogP contribution >= 0.6 is 0 Å². The van der Waals surface area contributed by atoms with Gasteiger partial charge in [-0.2, -0.15) is 0 Å². The van der Waals surface area contributed by atoms with Gasteiger partial charge < -0.3 is 19.3 Å². The zero-order valence-electron chi connectivity index (χ0n) is 11.6. The van der Waals surface area contributed by atoms with Gasteiger partial charge in [0.05, 0.1) is 6.10 Å². The van der Waals surface area contributed by atoms with Gasteiger partial charge in [0, 0.05) is 20.6 Å². The molecule has 0 aromatic heterocycles. The van der Waals surface area contributed by atoms with Crippen molar-refractivity contribution in [2.24, 2.45) is 5.92 Å². The third-order valence-electron chi connectivity index (χ3n) is 3.55. The van der Waals surface area contributed by atoms with E-state index in [0.717, 1.165) is 0 Å². The summed E-state index contributed by atoms with van der Waals surface area (Å²) in [5.41, 5.74) is 0. The Kier molecular flexibility index (Phi) is 4.66. The highest BCUT2D eigenvalue weighted by Gasteiger charge is 2.48. The molecule has 5 nitrogen and oxygen atoms in total. The maximum atomic E-state index is 11.3. The zero-order valence-corrected chi connectivity index (χ0v) is 11.6. The number of hydrogen-bond donors (Lipinski definition) is 1. The summed E-state index contributed by atoms with van der Waals surface area (Å²) in [7, 11) is 2.82. The normalized spacial score (nSPS) is 30.9. The van der Waals surface area contributed by atoms with Crippen LogP contribution in [0.3, 0.4) is 0 Å². The molecule has 1 aliphatic rings. The number of allylic oxidation sites excluding steroid dienone is 1. The van der Waals surface area contributed by atoms with E-state index in [1.54, 1.807) is 13.0 Å². The first kappa shape index (κ1) is 15.3. The highest BCUT2D eigenvalue weighted by Crippen LogP contribution is 2.32. The van der Waals surface area contributed by atoms with Crippen LogP contribution in [0.25, 0.3) is 0 Å². The van der Waals surface area contributed by atoms with Gasteiger partial charge in [-0.15, -0.1) is 0 Å².